The molecule has 0 fully saturated rings. The fraction of sp³-hybridized carbons (Fsp3) is 0.550. The molecule has 0 aliphatic heterocycles. The number of nitriles is 1. The van der Waals surface area contributed by atoms with Crippen LogP contribution in [-0.2, 0) is 11.3 Å². The minimum atomic E-state index is 0.0744. The Bertz CT molecular complexity index is 702. The fourth-order valence-corrected chi connectivity index (χ4v) is 2.98. The van der Waals surface area contributed by atoms with Gasteiger partial charge in [0, 0.05) is 24.2 Å². The summed E-state index contributed by atoms with van der Waals surface area (Å²) in [5.41, 5.74) is 2.65. The first kappa shape index (κ1) is 19.0. The van der Waals surface area contributed by atoms with Crippen LogP contribution in [-0.4, -0.2) is 15.6 Å². The van der Waals surface area contributed by atoms with Crippen LogP contribution in [0.2, 0.25) is 0 Å². The van der Waals surface area contributed by atoms with E-state index < -0.39 is 0 Å². The molecule has 1 atom stereocenters. The second-order valence-corrected chi connectivity index (χ2v) is 6.90. The lowest BCUT2D eigenvalue weighted by molar-refractivity contribution is -0.118. The van der Waals surface area contributed by atoms with E-state index in [4.69, 9.17) is 0 Å². The SMILES string of the molecule is CCCCCn1ncc(C#N)c1NC1=CC(=O)C(CC=C(C)C)CC1. The number of carbonyl (C=O) groups is 1. The lowest BCUT2D eigenvalue weighted by Crippen LogP contribution is -2.20. The van der Waals surface area contributed by atoms with Crippen LogP contribution in [0.4, 0.5) is 5.82 Å². The van der Waals surface area contributed by atoms with E-state index in [0.29, 0.717) is 11.4 Å². The molecule has 0 radical (unpaired) electrons. The topological polar surface area (TPSA) is 70.7 Å². The minimum Gasteiger partial charge on any atom is -0.343 e. The van der Waals surface area contributed by atoms with E-state index in [1.165, 1.54) is 5.57 Å². The summed E-state index contributed by atoms with van der Waals surface area (Å²) in [6.45, 7) is 7.05. The molecule has 0 saturated heterocycles. The summed E-state index contributed by atoms with van der Waals surface area (Å²) < 4.78 is 1.84. The molecule has 0 spiro atoms. The molecule has 1 aliphatic rings. The average Bonchev–Trinajstić information content (AvgIpc) is 2.96. The Kier molecular flexibility index (Phi) is 7.00. The van der Waals surface area contributed by atoms with Crippen molar-refractivity contribution >= 4 is 11.6 Å². The molecule has 2 rings (SSSR count). The van der Waals surface area contributed by atoms with Crippen LogP contribution in [0.25, 0.3) is 0 Å². The Hall–Kier alpha value is -2.35. The molecule has 1 unspecified atom stereocenters. The first-order valence-electron chi connectivity index (χ1n) is 9.15. The second kappa shape index (κ2) is 9.22. The average molecular weight is 340 g/mol. The van der Waals surface area contributed by atoms with Gasteiger partial charge >= 0.3 is 0 Å². The van der Waals surface area contributed by atoms with Gasteiger partial charge in [-0.05, 0) is 39.5 Å². The number of anilines is 1. The van der Waals surface area contributed by atoms with Gasteiger partial charge in [-0.25, -0.2) is 4.68 Å². The van der Waals surface area contributed by atoms with Gasteiger partial charge in [-0.3, -0.25) is 4.79 Å². The van der Waals surface area contributed by atoms with Crippen molar-refractivity contribution < 1.29 is 4.79 Å². The Morgan fingerprint density at radius 3 is 2.92 bits per heavy atom. The molecule has 1 heterocycles. The molecule has 1 aliphatic carbocycles. The van der Waals surface area contributed by atoms with Gasteiger partial charge < -0.3 is 5.32 Å². The van der Waals surface area contributed by atoms with Gasteiger partial charge in [0.1, 0.15) is 17.5 Å². The Morgan fingerprint density at radius 2 is 2.28 bits per heavy atom. The normalized spacial score (nSPS) is 17.0. The van der Waals surface area contributed by atoms with E-state index in [0.717, 1.165) is 50.8 Å². The maximum absolute atomic E-state index is 12.4. The number of nitrogens with one attached hydrogen (secondary N) is 1. The molecule has 5 nitrogen and oxygen atoms in total. The minimum absolute atomic E-state index is 0.0744. The van der Waals surface area contributed by atoms with Gasteiger partial charge in [-0.1, -0.05) is 31.4 Å². The number of carbonyl (C=O) groups excluding carboxylic acids is 1. The Morgan fingerprint density at radius 1 is 1.48 bits per heavy atom. The molecule has 0 aromatic carbocycles. The standard InChI is InChI=1S/C20H28N4O/c1-4-5-6-11-24-20(17(13-21)14-22-24)23-18-10-9-16(19(25)12-18)8-7-15(2)3/h7,12,14,16,23H,4-6,8-11H2,1-3H3. The van der Waals surface area contributed by atoms with Crippen LogP contribution in [0.3, 0.4) is 0 Å². The zero-order valence-corrected chi connectivity index (χ0v) is 15.5. The molecule has 1 N–H and O–H groups in total. The summed E-state index contributed by atoms with van der Waals surface area (Å²) in [5, 5.41) is 16.9. The van der Waals surface area contributed by atoms with Crippen molar-refractivity contribution in [1.82, 2.24) is 9.78 Å². The van der Waals surface area contributed by atoms with Gasteiger partial charge in [0.25, 0.3) is 0 Å². The van der Waals surface area contributed by atoms with E-state index >= 15 is 0 Å². The lowest BCUT2D eigenvalue weighted by atomic mass is 9.88. The van der Waals surface area contributed by atoms with E-state index in [2.05, 4.69) is 43.3 Å². The molecule has 5 heteroatoms. The van der Waals surface area contributed by atoms with Crippen LogP contribution in [0.1, 0.15) is 64.9 Å². The summed E-state index contributed by atoms with van der Waals surface area (Å²) in [5.74, 6) is 0.951. The van der Waals surface area contributed by atoms with Crippen molar-refractivity contribution in [2.75, 3.05) is 5.32 Å². The van der Waals surface area contributed by atoms with Crippen LogP contribution in [0.15, 0.2) is 29.6 Å². The monoisotopic (exact) mass is 340 g/mol. The first-order valence-corrected chi connectivity index (χ1v) is 9.15. The Labute approximate surface area is 150 Å². The quantitative estimate of drug-likeness (QED) is 0.555. The number of ketones is 1. The summed E-state index contributed by atoms with van der Waals surface area (Å²) in [4.78, 5) is 12.4. The predicted molar refractivity (Wildman–Crippen MR) is 100.0 cm³/mol. The molecule has 1 aromatic rings. The third kappa shape index (κ3) is 5.32. The number of aromatic nitrogens is 2. The largest absolute Gasteiger partial charge is 0.343 e. The number of aryl methyl sites for hydroxylation is 1. The van der Waals surface area contributed by atoms with Gasteiger partial charge in [0.15, 0.2) is 5.78 Å². The molecule has 0 amide bonds. The van der Waals surface area contributed by atoms with Crippen molar-refractivity contribution in [1.29, 1.82) is 5.26 Å². The highest BCUT2D eigenvalue weighted by Crippen LogP contribution is 2.27. The number of nitrogens with zero attached hydrogens (tertiary/aromatic N) is 3. The second-order valence-electron chi connectivity index (χ2n) is 6.90. The maximum atomic E-state index is 12.4. The predicted octanol–water partition coefficient (Wildman–Crippen LogP) is 4.58. The van der Waals surface area contributed by atoms with Crippen LogP contribution < -0.4 is 5.32 Å². The fourth-order valence-electron chi connectivity index (χ4n) is 2.98. The van der Waals surface area contributed by atoms with Gasteiger partial charge in [-0.2, -0.15) is 10.4 Å². The smallest absolute Gasteiger partial charge is 0.160 e. The summed E-state index contributed by atoms with van der Waals surface area (Å²) in [6, 6.07) is 2.18. The zero-order chi connectivity index (χ0) is 18.2. The highest BCUT2D eigenvalue weighted by molar-refractivity contribution is 5.93. The Balaban J connectivity index is 2.08. The number of hydrogen-bond donors (Lipinski definition) is 1. The third-order valence-electron chi connectivity index (χ3n) is 4.50. The highest BCUT2D eigenvalue weighted by Gasteiger charge is 2.22. The van der Waals surface area contributed by atoms with Crippen LogP contribution in [0, 0.1) is 17.2 Å². The molecular formula is C20H28N4O. The van der Waals surface area contributed by atoms with Gasteiger partial charge in [-0.15, -0.1) is 0 Å². The van der Waals surface area contributed by atoms with Gasteiger partial charge in [0.05, 0.1) is 6.20 Å². The summed E-state index contributed by atoms with van der Waals surface area (Å²) in [7, 11) is 0. The highest BCUT2D eigenvalue weighted by atomic mass is 16.1. The van der Waals surface area contributed by atoms with E-state index in [1.807, 2.05) is 4.68 Å². The van der Waals surface area contributed by atoms with Crippen LogP contribution >= 0.6 is 0 Å². The molecule has 0 saturated carbocycles. The van der Waals surface area contributed by atoms with Crippen molar-refractivity contribution in [3.63, 3.8) is 0 Å². The van der Waals surface area contributed by atoms with E-state index in [9.17, 15) is 10.1 Å². The van der Waals surface area contributed by atoms with E-state index in [-0.39, 0.29) is 11.7 Å². The van der Waals surface area contributed by atoms with Crippen molar-refractivity contribution in [3.8, 4) is 6.07 Å². The van der Waals surface area contributed by atoms with E-state index in [1.54, 1.807) is 12.3 Å². The first-order chi connectivity index (χ1) is 12.0. The molecule has 25 heavy (non-hydrogen) atoms. The number of allylic oxidation sites excluding steroid dienone is 4. The summed E-state index contributed by atoms with van der Waals surface area (Å²) >= 11 is 0. The number of rotatable bonds is 8. The van der Waals surface area contributed by atoms with Gasteiger partial charge in [0.2, 0.25) is 0 Å². The molecular weight excluding hydrogens is 312 g/mol. The third-order valence-corrected chi connectivity index (χ3v) is 4.50. The van der Waals surface area contributed by atoms with Crippen molar-refractivity contribution in [3.05, 3.63) is 35.2 Å². The zero-order valence-electron chi connectivity index (χ0n) is 15.5. The maximum Gasteiger partial charge on any atom is 0.160 e. The summed E-state index contributed by atoms with van der Waals surface area (Å²) in [6.07, 6.45) is 11.2. The molecule has 0 bridgehead atoms. The molecule has 1 aromatic heterocycles. The van der Waals surface area contributed by atoms with Crippen molar-refractivity contribution in [2.45, 2.75) is 65.8 Å². The van der Waals surface area contributed by atoms with Crippen LogP contribution in [0.5, 0.6) is 0 Å². The number of unbranched alkanes of at least 4 members (excludes halogenated alkanes) is 2. The molecule has 134 valence electrons. The van der Waals surface area contributed by atoms with Crippen molar-refractivity contribution in [2.24, 2.45) is 5.92 Å². The number of hydrogen-bond acceptors (Lipinski definition) is 4. The lowest BCUT2D eigenvalue weighted by Gasteiger charge is -2.21.